The molecule has 0 N–H and O–H groups in total. The lowest BCUT2D eigenvalue weighted by Crippen LogP contribution is -2.13. The zero-order valence-corrected chi connectivity index (χ0v) is 9.43. The summed E-state index contributed by atoms with van der Waals surface area (Å²) in [4.78, 5) is 36.9. The molecule has 6 heteroatoms. The van der Waals surface area contributed by atoms with Gasteiger partial charge in [0.25, 0.3) is 0 Å². The van der Waals surface area contributed by atoms with Gasteiger partial charge >= 0.3 is 11.9 Å². The van der Waals surface area contributed by atoms with Crippen molar-refractivity contribution in [2.75, 3.05) is 14.2 Å². The van der Waals surface area contributed by atoms with E-state index in [9.17, 15) is 14.4 Å². The van der Waals surface area contributed by atoms with Gasteiger partial charge in [-0.15, -0.1) is 0 Å². The minimum Gasteiger partial charge on any atom is -0.464 e. The molecular formula is C11H11NO5. The van der Waals surface area contributed by atoms with Crippen molar-refractivity contribution >= 4 is 18.2 Å². The molecule has 0 aliphatic heterocycles. The quantitative estimate of drug-likeness (QED) is 0.556. The Morgan fingerprint density at radius 1 is 1.24 bits per heavy atom. The minimum absolute atomic E-state index is 0.0115. The number of aromatic nitrogens is 1. The largest absolute Gasteiger partial charge is 0.464 e. The van der Waals surface area contributed by atoms with Crippen molar-refractivity contribution in [3.05, 3.63) is 29.1 Å². The van der Waals surface area contributed by atoms with E-state index in [0.717, 1.165) is 0 Å². The van der Waals surface area contributed by atoms with Crippen molar-refractivity contribution in [3.63, 3.8) is 0 Å². The Hall–Kier alpha value is -2.24. The smallest absolute Gasteiger partial charge is 0.356 e. The van der Waals surface area contributed by atoms with Gasteiger partial charge in [-0.1, -0.05) is 6.07 Å². The Kier molecular flexibility index (Phi) is 4.33. The number of carbonyl (C=O) groups is 3. The first-order valence-electron chi connectivity index (χ1n) is 4.74. The summed E-state index contributed by atoms with van der Waals surface area (Å²) in [7, 11) is 2.40. The molecule has 6 nitrogen and oxygen atoms in total. The van der Waals surface area contributed by atoms with Crippen LogP contribution in [0.1, 0.15) is 26.5 Å². The molecule has 0 fully saturated rings. The highest BCUT2D eigenvalue weighted by Crippen LogP contribution is 2.10. The van der Waals surface area contributed by atoms with Gasteiger partial charge in [-0.25, -0.2) is 14.6 Å². The molecule has 0 aliphatic carbocycles. The van der Waals surface area contributed by atoms with Crippen LogP contribution in [-0.4, -0.2) is 37.4 Å². The van der Waals surface area contributed by atoms with Gasteiger partial charge in [-0.05, 0) is 11.6 Å². The van der Waals surface area contributed by atoms with E-state index >= 15 is 0 Å². The molecule has 0 unspecified atom stereocenters. The lowest BCUT2D eigenvalue weighted by Gasteiger charge is -2.06. The molecule has 0 saturated heterocycles. The molecule has 1 aromatic heterocycles. The van der Waals surface area contributed by atoms with Gasteiger partial charge in [0.2, 0.25) is 0 Å². The fourth-order valence-electron chi connectivity index (χ4n) is 1.23. The van der Waals surface area contributed by atoms with Crippen LogP contribution < -0.4 is 0 Å². The molecule has 1 heterocycles. The first-order valence-corrected chi connectivity index (χ1v) is 4.74. The standard InChI is InChI=1S/C11H11NO5/c1-16-10(14)8-4-3-7(5-6-13)9(12-8)11(15)17-2/h3-4,6H,5H2,1-2H3. The Labute approximate surface area is 97.6 Å². The minimum atomic E-state index is -0.701. The number of hydrogen-bond donors (Lipinski definition) is 0. The predicted molar refractivity (Wildman–Crippen MR) is 56.7 cm³/mol. The number of methoxy groups -OCH3 is 2. The third-order valence-corrected chi connectivity index (χ3v) is 2.06. The second-order valence-electron chi connectivity index (χ2n) is 3.06. The summed E-state index contributed by atoms with van der Waals surface area (Å²) >= 11 is 0. The zero-order chi connectivity index (χ0) is 12.8. The van der Waals surface area contributed by atoms with Crippen LogP contribution in [-0.2, 0) is 20.7 Å². The van der Waals surface area contributed by atoms with Crippen LogP contribution >= 0.6 is 0 Å². The fourth-order valence-corrected chi connectivity index (χ4v) is 1.23. The number of nitrogens with zero attached hydrogens (tertiary/aromatic N) is 1. The Bertz CT molecular complexity index is 455. The summed E-state index contributed by atoms with van der Waals surface area (Å²) in [5.41, 5.74) is 0.338. The van der Waals surface area contributed by atoms with E-state index < -0.39 is 11.9 Å². The maximum absolute atomic E-state index is 11.4. The highest BCUT2D eigenvalue weighted by molar-refractivity contribution is 5.93. The molecule has 0 atom stereocenters. The summed E-state index contributed by atoms with van der Waals surface area (Å²) in [5.74, 6) is -1.36. The molecule has 0 spiro atoms. The van der Waals surface area contributed by atoms with Gasteiger partial charge in [-0.2, -0.15) is 0 Å². The van der Waals surface area contributed by atoms with Crippen LogP contribution in [0.5, 0.6) is 0 Å². The van der Waals surface area contributed by atoms with Gasteiger partial charge in [0.15, 0.2) is 5.69 Å². The lowest BCUT2D eigenvalue weighted by molar-refractivity contribution is -0.107. The highest BCUT2D eigenvalue weighted by Gasteiger charge is 2.17. The number of rotatable bonds is 4. The topological polar surface area (TPSA) is 82.6 Å². The number of esters is 2. The Balaban J connectivity index is 3.23. The van der Waals surface area contributed by atoms with E-state index in [2.05, 4.69) is 14.5 Å². The molecule has 1 aromatic rings. The number of hydrogen-bond acceptors (Lipinski definition) is 6. The second kappa shape index (κ2) is 5.74. The molecule has 17 heavy (non-hydrogen) atoms. The number of ether oxygens (including phenoxy) is 2. The third-order valence-electron chi connectivity index (χ3n) is 2.06. The van der Waals surface area contributed by atoms with E-state index in [1.54, 1.807) is 0 Å². The summed E-state index contributed by atoms with van der Waals surface area (Å²) in [6.45, 7) is 0. The van der Waals surface area contributed by atoms with Crippen molar-refractivity contribution in [2.24, 2.45) is 0 Å². The van der Waals surface area contributed by atoms with Gasteiger partial charge in [0, 0.05) is 6.42 Å². The first-order chi connectivity index (χ1) is 8.13. The third kappa shape index (κ3) is 2.87. The molecule has 0 radical (unpaired) electrons. The van der Waals surface area contributed by atoms with E-state index in [1.807, 2.05) is 0 Å². The van der Waals surface area contributed by atoms with Gasteiger partial charge < -0.3 is 14.3 Å². The molecule has 90 valence electrons. The van der Waals surface area contributed by atoms with Crippen LogP contribution in [0.2, 0.25) is 0 Å². The van der Waals surface area contributed by atoms with Crippen LogP contribution in [0.3, 0.4) is 0 Å². The van der Waals surface area contributed by atoms with Crippen LogP contribution in [0.4, 0.5) is 0 Å². The summed E-state index contributed by atoms with van der Waals surface area (Å²) in [6, 6.07) is 2.86. The van der Waals surface area contributed by atoms with E-state index in [0.29, 0.717) is 11.8 Å². The number of pyridine rings is 1. The van der Waals surface area contributed by atoms with Crippen LogP contribution in [0, 0.1) is 0 Å². The second-order valence-corrected chi connectivity index (χ2v) is 3.06. The first kappa shape index (κ1) is 12.8. The molecule has 0 bridgehead atoms. The van der Waals surface area contributed by atoms with Crippen LogP contribution in [0.25, 0.3) is 0 Å². The van der Waals surface area contributed by atoms with Crippen LogP contribution in [0.15, 0.2) is 12.1 Å². The van der Waals surface area contributed by atoms with Crippen molar-refractivity contribution in [3.8, 4) is 0 Å². The van der Waals surface area contributed by atoms with Gasteiger partial charge in [-0.3, -0.25) is 0 Å². The molecule has 0 saturated carbocycles. The van der Waals surface area contributed by atoms with E-state index in [-0.39, 0.29) is 17.8 Å². The fraction of sp³-hybridized carbons (Fsp3) is 0.273. The van der Waals surface area contributed by atoms with Crippen molar-refractivity contribution < 1.29 is 23.9 Å². The molecular weight excluding hydrogens is 226 g/mol. The number of aldehydes is 1. The SMILES string of the molecule is COC(=O)c1ccc(CC=O)c(C(=O)OC)n1. The zero-order valence-electron chi connectivity index (χ0n) is 9.43. The molecule has 0 amide bonds. The summed E-state index contributed by atoms with van der Waals surface area (Å²) in [5, 5.41) is 0. The monoisotopic (exact) mass is 237 g/mol. The van der Waals surface area contributed by atoms with E-state index in [4.69, 9.17) is 0 Å². The number of carbonyl (C=O) groups excluding carboxylic acids is 3. The van der Waals surface area contributed by atoms with Crippen molar-refractivity contribution in [1.29, 1.82) is 0 Å². The van der Waals surface area contributed by atoms with Crippen molar-refractivity contribution in [1.82, 2.24) is 4.98 Å². The van der Waals surface area contributed by atoms with E-state index in [1.165, 1.54) is 26.4 Å². The van der Waals surface area contributed by atoms with Crippen molar-refractivity contribution in [2.45, 2.75) is 6.42 Å². The summed E-state index contributed by atoms with van der Waals surface area (Å²) in [6.07, 6.45) is 0.667. The predicted octanol–water partition coefficient (Wildman–Crippen LogP) is 0.396. The molecule has 1 rings (SSSR count). The lowest BCUT2D eigenvalue weighted by atomic mass is 10.1. The van der Waals surface area contributed by atoms with Gasteiger partial charge in [0.1, 0.15) is 12.0 Å². The maximum atomic E-state index is 11.4. The molecule has 0 aliphatic rings. The average molecular weight is 237 g/mol. The highest BCUT2D eigenvalue weighted by atomic mass is 16.5. The Morgan fingerprint density at radius 3 is 2.41 bits per heavy atom. The average Bonchev–Trinajstić information content (AvgIpc) is 2.37. The normalized spacial score (nSPS) is 9.53. The summed E-state index contributed by atoms with van der Waals surface area (Å²) < 4.78 is 9.00. The molecule has 0 aromatic carbocycles. The van der Waals surface area contributed by atoms with Gasteiger partial charge in [0.05, 0.1) is 14.2 Å². The Morgan fingerprint density at radius 2 is 1.88 bits per heavy atom. The maximum Gasteiger partial charge on any atom is 0.356 e.